The van der Waals surface area contributed by atoms with Gasteiger partial charge in [-0.1, -0.05) is 17.7 Å². The maximum absolute atomic E-state index is 12.0. The molecule has 0 N–H and O–H groups in total. The number of nitriles is 1. The summed E-state index contributed by atoms with van der Waals surface area (Å²) in [6.07, 6.45) is -0.721. The van der Waals surface area contributed by atoms with Gasteiger partial charge >= 0.3 is 0 Å². The van der Waals surface area contributed by atoms with Crippen LogP contribution in [0.4, 0.5) is 0 Å². The molecule has 0 spiro atoms. The monoisotopic (exact) mass is 267 g/mol. The minimum atomic E-state index is -3.83. The number of aryl methyl sites for hydroxylation is 1. The zero-order chi connectivity index (χ0) is 13.2. The van der Waals surface area contributed by atoms with Gasteiger partial charge in [-0.15, -0.1) is 0 Å². The standard InChI is InChI=1S/C12H13NO4S/c1-9-2-4-11(5-3-9)18(14,15)17-12-8-16-7-10(12)6-13/h2-5,10,12H,7-8H2,1H3. The summed E-state index contributed by atoms with van der Waals surface area (Å²) >= 11 is 0. The predicted octanol–water partition coefficient (Wildman–Crippen LogP) is 1.24. The SMILES string of the molecule is Cc1ccc(S(=O)(=O)OC2COCC2C#N)cc1. The number of hydrogen-bond acceptors (Lipinski definition) is 5. The Morgan fingerprint density at radius 2 is 2.00 bits per heavy atom. The molecular weight excluding hydrogens is 254 g/mol. The highest BCUT2D eigenvalue weighted by Crippen LogP contribution is 2.22. The van der Waals surface area contributed by atoms with Crippen LogP contribution in [0.1, 0.15) is 5.56 Å². The van der Waals surface area contributed by atoms with Crippen molar-refractivity contribution in [1.82, 2.24) is 0 Å². The van der Waals surface area contributed by atoms with Crippen LogP contribution in [0, 0.1) is 24.2 Å². The van der Waals surface area contributed by atoms with Gasteiger partial charge in [-0.2, -0.15) is 13.7 Å². The predicted molar refractivity (Wildman–Crippen MR) is 63.2 cm³/mol. The number of rotatable bonds is 3. The van der Waals surface area contributed by atoms with Crippen LogP contribution in [0.5, 0.6) is 0 Å². The van der Waals surface area contributed by atoms with E-state index in [2.05, 4.69) is 0 Å². The first-order valence-electron chi connectivity index (χ1n) is 5.50. The Morgan fingerprint density at radius 3 is 2.61 bits per heavy atom. The van der Waals surface area contributed by atoms with Crippen LogP contribution in [0.2, 0.25) is 0 Å². The third kappa shape index (κ3) is 2.70. The average Bonchev–Trinajstić information content (AvgIpc) is 2.76. The third-order valence-corrected chi connectivity index (χ3v) is 4.10. The van der Waals surface area contributed by atoms with Gasteiger partial charge in [0.05, 0.1) is 30.1 Å². The first kappa shape index (κ1) is 13.0. The third-order valence-electron chi connectivity index (χ3n) is 2.75. The van der Waals surface area contributed by atoms with Gasteiger partial charge in [0.15, 0.2) is 0 Å². The summed E-state index contributed by atoms with van der Waals surface area (Å²) in [5.74, 6) is -0.537. The molecule has 1 aromatic carbocycles. The Bertz CT molecular complexity index is 559. The van der Waals surface area contributed by atoms with E-state index in [1.54, 1.807) is 12.1 Å². The molecule has 2 atom stereocenters. The molecule has 5 nitrogen and oxygen atoms in total. The Hall–Kier alpha value is -1.42. The van der Waals surface area contributed by atoms with Crippen LogP contribution in [0.15, 0.2) is 29.2 Å². The van der Waals surface area contributed by atoms with Crippen LogP contribution in [0.3, 0.4) is 0 Å². The summed E-state index contributed by atoms with van der Waals surface area (Å²) in [6.45, 7) is 2.21. The summed E-state index contributed by atoms with van der Waals surface area (Å²) in [5, 5.41) is 8.84. The highest BCUT2D eigenvalue weighted by atomic mass is 32.2. The van der Waals surface area contributed by atoms with E-state index in [1.807, 2.05) is 13.0 Å². The number of benzene rings is 1. The van der Waals surface area contributed by atoms with Crippen LogP contribution >= 0.6 is 0 Å². The normalized spacial score (nSPS) is 23.8. The molecule has 6 heteroatoms. The molecule has 1 aliphatic rings. The molecule has 0 bridgehead atoms. The fourth-order valence-electron chi connectivity index (χ4n) is 1.67. The molecule has 0 aromatic heterocycles. The van der Waals surface area contributed by atoms with Gasteiger partial charge in [0.25, 0.3) is 10.1 Å². The van der Waals surface area contributed by atoms with Crippen molar-refractivity contribution in [2.24, 2.45) is 5.92 Å². The van der Waals surface area contributed by atoms with E-state index in [-0.39, 0.29) is 18.1 Å². The molecule has 1 aliphatic heterocycles. The lowest BCUT2D eigenvalue weighted by atomic mass is 10.1. The zero-order valence-electron chi connectivity index (χ0n) is 9.87. The molecule has 0 saturated carbocycles. The summed E-state index contributed by atoms with van der Waals surface area (Å²) in [6, 6.07) is 8.35. The Kier molecular flexibility index (Phi) is 3.66. The Morgan fingerprint density at radius 1 is 1.33 bits per heavy atom. The van der Waals surface area contributed by atoms with Crippen LogP contribution in [-0.2, 0) is 19.0 Å². The second-order valence-electron chi connectivity index (χ2n) is 4.17. The lowest BCUT2D eigenvalue weighted by Gasteiger charge is -2.12. The smallest absolute Gasteiger partial charge is 0.297 e. The summed E-state index contributed by atoms with van der Waals surface area (Å²) in [5.41, 5.74) is 0.966. The van der Waals surface area contributed by atoms with Gasteiger partial charge in [0.2, 0.25) is 0 Å². The van der Waals surface area contributed by atoms with Crippen molar-refractivity contribution in [2.75, 3.05) is 13.2 Å². The van der Waals surface area contributed by atoms with Crippen molar-refractivity contribution in [1.29, 1.82) is 5.26 Å². The van der Waals surface area contributed by atoms with E-state index in [1.165, 1.54) is 12.1 Å². The largest absolute Gasteiger partial charge is 0.377 e. The number of ether oxygens (including phenoxy) is 1. The van der Waals surface area contributed by atoms with Crippen molar-refractivity contribution in [3.8, 4) is 6.07 Å². The van der Waals surface area contributed by atoms with Crippen LogP contribution in [0.25, 0.3) is 0 Å². The Labute approximate surface area is 106 Å². The van der Waals surface area contributed by atoms with E-state index >= 15 is 0 Å². The first-order valence-corrected chi connectivity index (χ1v) is 6.91. The molecule has 2 unspecified atom stereocenters. The summed E-state index contributed by atoms with van der Waals surface area (Å²) in [7, 11) is -3.83. The maximum atomic E-state index is 12.0. The van der Waals surface area contributed by atoms with Gasteiger partial charge in [-0.25, -0.2) is 0 Å². The van der Waals surface area contributed by atoms with Gasteiger partial charge in [-0.3, -0.25) is 4.18 Å². The molecule has 2 rings (SSSR count). The minimum Gasteiger partial charge on any atom is -0.377 e. The van der Waals surface area contributed by atoms with Gasteiger partial charge in [-0.05, 0) is 19.1 Å². The number of hydrogen-bond donors (Lipinski definition) is 0. The lowest BCUT2D eigenvalue weighted by molar-refractivity contribution is 0.143. The molecule has 1 saturated heterocycles. The van der Waals surface area contributed by atoms with Gasteiger partial charge in [0.1, 0.15) is 6.10 Å². The topological polar surface area (TPSA) is 76.4 Å². The fourth-order valence-corrected chi connectivity index (χ4v) is 2.77. The molecule has 0 amide bonds. The lowest BCUT2D eigenvalue weighted by Crippen LogP contribution is -2.25. The van der Waals surface area contributed by atoms with E-state index in [0.717, 1.165) is 5.56 Å². The molecule has 1 aromatic rings. The average molecular weight is 267 g/mol. The summed E-state index contributed by atoms with van der Waals surface area (Å²) < 4.78 is 34.0. The van der Waals surface area contributed by atoms with E-state index < -0.39 is 22.1 Å². The molecular formula is C12H13NO4S. The summed E-state index contributed by atoms with van der Waals surface area (Å²) in [4.78, 5) is 0.0942. The fraction of sp³-hybridized carbons (Fsp3) is 0.417. The quantitative estimate of drug-likeness (QED) is 0.770. The molecule has 1 fully saturated rings. The van der Waals surface area contributed by atoms with Gasteiger partial charge < -0.3 is 4.74 Å². The van der Waals surface area contributed by atoms with Gasteiger partial charge in [0, 0.05) is 0 Å². The molecule has 96 valence electrons. The second-order valence-corrected chi connectivity index (χ2v) is 5.75. The highest BCUT2D eigenvalue weighted by Gasteiger charge is 2.33. The Balaban J connectivity index is 2.17. The number of nitrogens with zero attached hydrogens (tertiary/aromatic N) is 1. The van der Waals surface area contributed by atoms with Crippen molar-refractivity contribution in [2.45, 2.75) is 17.9 Å². The first-order chi connectivity index (χ1) is 8.53. The minimum absolute atomic E-state index is 0.0942. The molecule has 1 heterocycles. The molecule has 0 aliphatic carbocycles. The van der Waals surface area contributed by atoms with Crippen LogP contribution < -0.4 is 0 Å². The van der Waals surface area contributed by atoms with E-state index in [9.17, 15) is 8.42 Å². The van der Waals surface area contributed by atoms with E-state index in [4.69, 9.17) is 14.2 Å². The second kappa shape index (κ2) is 5.06. The van der Waals surface area contributed by atoms with Crippen molar-refractivity contribution < 1.29 is 17.3 Å². The zero-order valence-corrected chi connectivity index (χ0v) is 10.7. The van der Waals surface area contributed by atoms with Crippen LogP contribution in [-0.4, -0.2) is 27.7 Å². The maximum Gasteiger partial charge on any atom is 0.297 e. The van der Waals surface area contributed by atoms with Crippen molar-refractivity contribution in [3.05, 3.63) is 29.8 Å². The molecule has 0 radical (unpaired) electrons. The van der Waals surface area contributed by atoms with E-state index in [0.29, 0.717) is 0 Å². The highest BCUT2D eigenvalue weighted by molar-refractivity contribution is 7.86. The van der Waals surface area contributed by atoms with Crippen molar-refractivity contribution >= 4 is 10.1 Å². The molecule has 18 heavy (non-hydrogen) atoms. The van der Waals surface area contributed by atoms with Crippen molar-refractivity contribution in [3.63, 3.8) is 0 Å².